The predicted molar refractivity (Wildman–Crippen MR) is 75.3 cm³/mol. The molecule has 3 heterocycles. The third-order valence-corrected chi connectivity index (χ3v) is 4.28. The molecule has 2 fully saturated rings. The molecule has 2 unspecified atom stereocenters. The fourth-order valence-corrected chi connectivity index (χ4v) is 3.40. The van der Waals surface area contributed by atoms with Crippen molar-refractivity contribution in [2.45, 2.75) is 32.4 Å². The summed E-state index contributed by atoms with van der Waals surface area (Å²) in [5, 5.41) is 3.64. The molecule has 1 N–H and O–H groups in total. The van der Waals surface area contributed by atoms with Crippen molar-refractivity contribution in [2.75, 3.05) is 26.7 Å². The molecule has 1 aromatic rings. The highest BCUT2D eigenvalue weighted by Gasteiger charge is 2.34. The Morgan fingerprint density at radius 3 is 3.11 bits per heavy atom. The third kappa shape index (κ3) is 2.90. The van der Waals surface area contributed by atoms with Gasteiger partial charge in [0.05, 0.1) is 12.8 Å². The monoisotopic (exact) mass is 261 g/mol. The molecule has 2 atom stereocenters. The molecule has 0 spiro atoms. The normalized spacial score (nSPS) is 27.3. The van der Waals surface area contributed by atoms with E-state index in [-0.39, 0.29) is 0 Å². The highest BCUT2D eigenvalue weighted by atomic mass is 16.5. The molecule has 0 radical (unpaired) electrons. The quantitative estimate of drug-likeness (QED) is 0.896. The molecule has 0 aliphatic carbocycles. The second-order valence-electron chi connectivity index (χ2n) is 5.80. The summed E-state index contributed by atoms with van der Waals surface area (Å²) < 4.78 is 5.32. The average molecular weight is 261 g/mol. The number of hydrogen-bond acceptors (Lipinski definition) is 4. The maximum absolute atomic E-state index is 5.32. The Morgan fingerprint density at radius 1 is 1.42 bits per heavy atom. The topological polar surface area (TPSA) is 37.4 Å². The first-order chi connectivity index (χ1) is 9.24. The molecule has 19 heavy (non-hydrogen) atoms. The van der Waals surface area contributed by atoms with Gasteiger partial charge in [-0.2, -0.15) is 0 Å². The minimum Gasteiger partial charge on any atom is -0.497 e. The maximum Gasteiger partial charge on any atom is 0.122 e. The van der Waals surface area contributed by atoms with Crippen LogP contribution in [0.15, 0.2) is 12.1 Å². The van der Waals surface area contributed by atoms with Crippen LogP contribution in [0.2, 0.25) is 0 Å². The number of rotatable bonds is 3. The highest BCUT2D eigenvalue weighted by molar-refractivity contribution is 5.26. The number of aromatic nitrogens is 1. The van der Waals surface area contributed by atoms with E-state index in [1.54, 1.807) is 7.11 Å². The summed E-state index contributed by atoms with van der Waals surface area (Å²) in [4.78, 5) is 7.14. The lowest BCUT2D eigenvalue weighted by atomic mass is 9.94. The van der Waals surface area contributed by atoms with Crippen LogP contribution < -0.4 is 10.1 Å². The molecule has 2 saturated heterocycles. The van der Waals surface area contributed by atoms with Gasteiger partial charge in [-0.05, 0) is 32.2 Å². The van der Waals surface area contributed by atoms with Gasteiger partial charge in [-0.1, -0.05) is 0 Å². The number of pyridine rings is 1. The van der Waals surface area contributed by atoms with Crippen molar-refractivity contribution in [1.82, 2.24) is 15.2 Å². The van der Waals surface area contributed by atoms with Gasteiger partial charge in [-0.3, -0.25) is 9.88 Å². The molecule has 0 bridgehead atoms. The van der Waals surface area contributed by atoms with E-state index in [2.05, 4.69) is 21.3 Å². The van der Waals surface area contributed by atoms with Crippen molar-refractivity contribution in [3.8, 4) is 5.75 Å². The largest absolute Gasteiger partial charge is 0.497 e. The molecular weight excluding hydrogens is 238 g/mol. The first kappa shape index (κ1) is 12.9. The Bertz CT molecular complexity index is 435. The van der Waals surface area contributed by atoms with Crippen molar-refractivity contribution >= 4 is 0 Å². The summed E-state index contributed by atoms with van der Waals surface area (Å²) in [6.07, 6.45) is 2.70. The molecule has 1 aromatic heterocycles. The molecule has 104 valence electrons. The van der Waals surface area contributed by atoms with Crippen LogP contribution in [0.25, 0.3) is 0 Å². The Kier molecular flexibility index (Phi) is 3.71. The van der Waals surface area contributed by atoms with Gasteiger partial charge >= 0.3 is 0 Å². The van der Waals surface area contributed by atoms with Crippen LogP contribution in [0.4, 0.5) is 0 Å². The fourth-order valence-electron chi connectivity index (χ4n) is 3.40. The molecule has 2 aliphatic heterocycles. The Hall–Kier alpha value is -1.13. The lowest BCUT2D eigenvalue weighted by Crippen LogP contribution is -2.40. The number of fused-ring (bicyclic) bond motifs is 1. The minimum absolute atomic E-state index is 0.695. The number of nitrogens with zero attached hydrogens (tertiary/aromatic N) is 2. The van der Waals surface area contributed by atoms with Gasteiger partial charge in [-0.25, -0.2) is 0 Å². The number of ether oxygens (including phenoxy) is 1. The van der Waals surface area contributed by atoms with E-state index in [4.69, 9.17) is 4.74 Å². The van der Waals surface area contributed by atoms with Crippen LogP contribution in [0.3, 0.4) is 0 Å². The van der Waals surface area contributed by atoms with E-state index >= 15 is 0 Å². The SMILES string of the molecule is COc1cc(C)nc(CN2CC3CCCNC3C2)c1. The summed E-state index contributed by atoms with van der Waals surface area (Å²) in [5.41, 5.74) is 2.15. The second kappa shape index (κ2) is 5.47. The van der Waals surface area contributed by atoms with Crippen molar-refractivity contribution < 1.29 is 4.74 Å². The molecule has 0 aromatic carbocycles. The Balaban J connectivity index is 1.67. The highest BCUT2D eigenvalue weighted by Crippen LogP contribution is 2.26. The minimum atomic E-state index is 0.695. The number of piperidine rings is 1. The van der Waals surface area contributed by atoms with E-state index in [0.717, 1.165) is 36.1 Å². The fraction of sp³-hybridized carbons (Fsp3) is 0.667. The molecule has 4 heteroatoms. The third-order valence-electron chi connectivity index (χ3n) is 4.28. The van der Waals surface area contributed by atoms with Crippen LogP contribution in [-0.4, -0.2) is 42.7 Å². The van der Waals surface area contributed by atoms with Gasteiger partial charge < -0.3 is 10.1 Å². The summed E-state index contributed by atoms with van der Waals surface area (Å²) in [6.45, 7) is 6.51. The van der Waals surface area contributed by atoms with Crippen molar-refractivity contribution in [3.05, 3.63) is 23.5 Å². The van der Waals surface area contributed by atoms with Crippen LogP contribution in [0, 0.1) is 12.8 Å². The zero-order valence-electron chi connectivity index (χ0n) is 11.9. The van der Waals surface area contributed by atoms with Gasteiger partial charge in [0, 0.05) is 43.5 Å². The predicted octanol–water partition coefficient (Wildman–Crippen LogP) is 1.58. The van der Waals surface area contributed by atoms with E-state index in [1.807, 2.05) is 13.0 Å². The van der Waals surface area contributed by atoms with Crippen molar-refractivity contribution in [3.63, 3.8) is 0 Å². The molecule has 0 amide bonds. The summed E-state index contributed by atoms with van der Waals surface area (Å²) in [6, 6.07) is 4.73. The van der Waals surface area contributed by atoms with Crippen molar-refractivity contribution in [1.29, 1.82) is 0 Å². The number of hydrogen-bond donors (Lipinski definition) is 1. The lowest BCUT2D eigenvalue weighted by Gasteiger charge is -2.24. The molecule has 2 aliphatic rings. The van der Waals surface area contributed by atoms with Gasteiger partial charge in [0.1, 0.15) is 5.75 Å². The van der Waals surface area contributed by atoms with Gasteiger partial charge in [0.2, 0.25) is 0 Å². The zero-order chi connectivity index (χ0) is 13.2. The number of likely N-dealkylation sites (tertiary alicyclic amines) is 1. The molecule has 0 saturated carbocycles. The molecule has 4 nitrogen and oxygen atoms in total. The van der Waals surface area contributed by atoms with Gasteiger partial charge in [0.15, 0.2) is 0 Å². The lowest BCUT2D eigenvalue weighted by molar-refractivity contribution is 0.308. The van der Waals surface area contributed by atoms with Crippen molar-refractivity contribution in [2.24, 2.45) is 5.92 Å². The van der Waals surface area contributed by atoms with Crippen LogP contribution in [0.5, 0.6) is 5.75 Å². The number of aryl methyl sites for hydroxylation is 1. The summed E-state index contributed by atoms with van der Waals surface area (Å²) in [5.74, 6) is 1.75. The van der Waals surface area contributed by atoms with Gasteiger partial charge in [-0.15, -0.1) is 0 Å². The van der Waals surface area contributed by atoms with E-state index in [0.29, 0.717) is 6.04 Å². The zero-order valence-corrected chi connectivity index (χ0v) is 11.9. The van der Waals surface area contributed by atoms with E-state index < -0.39 is 0 Å². The Morgan fingerprint density at radius 2 is 2.32 bits per heavy atom. The molecular formula is C15H23N3O. The molecule has 3 rings (SSSR count). The van der Waals surface area contributed by atoms with Gasteiger partial charge in [0.25, 0.3) is 0 Å². The summed E-state index contributed by atoms with van der Waals surface area (Å²) >= 11 is 0. The van der Waals surface area contributed by atoms with Crippen LogP contribution >= 0.6 is 0 Å². The summed E-state index contributed by atoms with van der Waals surface area (Å²) in [7, 11) is 1.72. The van der Waals surface area contributed by atoms with E-state index in [1.165, 1.54) is 25.9 Å². The number of nitrogens with one attached hydrogen (secondary N) is 1. The van der Waals surface area contributed by atoms with Crippen LogP contribution in [-0.2, 0) is 6.54 Å². The standard InChI is InChI=1S/C15H23N3O/c1-11-6-14(19-2)7-13(17-11)9-18-8-12-4-3-5-16-15(12)10-18/h6-7,12,15-16H,3-5,8-10H2,1-2H3. The van der Waals surface area contributed by atoms with Crippen LogP contribution in [0.1, 0.15) is 24.2 Å². The first-order valence-corrected chi connectivity index (χ1v) is 7.22. The first-order valence-electron chi connectivity index (χ1n) is 7.22. The smallest absolute Gasteiger partial charge is 0.122 e. The van der Waals surface area contributed by atoms with E-state index in [9.17, 15) is 0 Å². The maximum atomic E-state index is 5.32. The second-order valence-corrected chi connectivity index (χ2v) is 5.80. The average Bonchev–Trinajstić information content (AvgIpc) is 2.80. The number of methoxy groups -OCH3 is 1. The Labute approximate surface area is 115 Å².